The zero-order chi connectivity index (χ0) is 13.1. The molecule has 0 nitrogen and oxygen atoms in total. The minimum Gasteiger partial charge on any atom is -0.0795 e. The van der Waals surface area contributed by atoms with Crippen LogP contribution in [0.1, 0.15) is 36.5 Å². The Bertz CT molecular complexity index is 588. The molecule has 1 aliphatic carbocycles. The van der Waals surface area contributed by atoms with Gasteiger partial charge in [0.2, 0.25) is 0 Å². The second kappa shape index (κ2) is 5.44. The first-order chi connectivity index (χ1) is 9.38. The summed E-state index contributed by atoms with van der Waals surface area (Å²) < 4.78 is 0. The largest absolute Gasteiger partial charge is 0.0795 e. The van der Waals surface area contributed by atoms with E-state index in [1.807, 2.05) is 0 Å². The molecule has 0 radical (unpaired) electrons. The average Bonchev–Trinajstić information content (AvgIpc) is 2.94. The first-order valence-electron chi connectivity index (χ1n) is 7.26. The van der Waals surface area contributed by atoms with E-state index in [0.29, 0.717) is 0 Å². The SMILES string of the molecule is CCCCc1ccc(-c2cccc3c2C=CC3)cc1. The minimum absolute atomic E-state index is 1.08. The van der Waals surface area contributed by atoms with E-state index in [1.54, 1.807) is 0 Å². The highest BCUT2D eigenvalue weighted by Gasteiger charge is 2.10. The van der Waals surface area contributed by atoms with E-state index in [4.69, 9.17) is 0 Å². The number of fused-ring (bicyclic) bond motifs is 1. The van der Waals surface area contributed by atoms with Crippen LogP contribution in [0.3, 0.4) is 0 Å². The van der Waals surface area contributed by atoms with Crippen LogP contribution in [0.5, 0.6) is 0 Å². The van der Waals surface area contributed by atoms with E-state index in [9.17, 15) is 0 Å². The number of rotatable bonds is 4. The summed E-state index contributed by atoms with van der Waals surface area (Å²) in [6.07, 6.45) is 9.34. The van der Waals surface area contributed by atoms with Gasteiger partial charge in [-0.25, -0.2) is 0 Å². The van der Waals surface area contributed by atoms with E-state index in [-0.39, 0.29) is 0 Å². The van der Waals surface area contributed by atoms with Crippen LogP contribution >= 0.6 is 0 Å². The number of aryl methyl sites for hydroxylation is 1. The predicted molar refractivity (Wildman–Crippen MR) is 83.2 cm³/mol. The highest BCUT2D eigenvalue weighted by atomic mass is 14.1. The number of hydrogen-bond donors (Lipinski definition) is 0. The van der Waals surface area contributed by atoms with Crippen molar-refractivity contribution in [1.82, 2.24) is 0 Å². The first-order valence-corrected chi connectivity index (χ1v) is 7.26. The summed E-state index contributed by atoms with van der Waals surface area (Å²) in [7, 11) is 0. The van der Waals surface area contributed by atoms with Crippen LogP contribution in [0.15, 0.2) is 48.5 Å². The Morgan fingerprint density at radius 3 is 2.63 bits per heavy atom. The van der Waals surface area contributed by atoms with Crippen LogP contribution in [0.2, 0.25) is 0 Å². The molecule has 0 spiro atoms. The fraction of sp³-hybridized carbons (Fsp3) is 0.263. The lowest BCUT2D eigenvalue weighted by molar-refractivity contribution is 0.795. The average molecular weight is 248 g/mol. The van der Waals surface area contributed by atoms with Crippen molar-refractivity contribution in [2.24, 2.45) is 0 Å². The van der Waals surface area contributed by atoms with Crippen molar-refractivity contribution >= 4 is 6.08 Å². The molecule has 0 aliphatic heterocycles. The quantitative estimate of drug-likeness (QED) is 0.692. The maximum Gasteiger partial charge on any atom is -0.00879 e. The molecule has 96 valence electrons. The van der Waals surface area contributed by atoms with Crippen LogP contribution in [-0.4, -0.2) is 0 Å². The summed E-state index contributed by atoms with van der Waals surface area (Å²) in [6.45, 7) is 2.24. The highest BCUT2D eigenvalue weighted by molar-refractivity contribution is 5.79. The Labute approximate surface area is 115 Å². The van der Waals surface area contributed by atoms with Gasteiger partial charge in [0.25, 0.3) is 0 Å². The lowest BCUT2D eigenvalue weighted by Crippen LogP contribution is -1.88. The third-order valence-electron chi connectivity index (χ3n) is 3.90. The smallest absolute Gasteiger partial charge is 0.00879 e. The zero-order valence-corrected chi connectivity index (χ0v) is 11.5. The van der Waals surface area contributed by atoms with Gasteiger partial charge in [0.05, 0.1) is 0 Å². The van der Waals surface area contributed by atoms with Gasteiger partial charge in [0.15, 0.2) is 0 Å². The predicted octanol–water partition coefficient (Wildman–Crippen LogP) is 5.27. The zero-order valence-electron chi connectivity index (χ0n) is 11.5. The molecule has 0 fully saturated rings. The van der Waals surface area contributed by atoms with E-state index in [0.717, 1.165) is 6.42 Å². The lowest BCUT2D eigenvalue weighted by atomic mass is 9.96. The van der Waals surface area contributed by atoms with Gasteiger partial charge >= 0.3 is 0 Å². The highest BCUT2D eigenvalue weighted by Crippen LogP contribution is 2.31. The van der Waals surface area contributed by atoms with Gasteiger partial charge in [-0.05, 0) is 47.1 Å². The summed E-state index contributed by atoms with van der Waals surface area (Å²) in [5, 5.41) is 0. The molecule has 1 aliphatic rings. The standard InChI is InChI=1S/C19H20/c1-2-3-6-15-11-13-17(14-12-15)19-10-5-8-16-7-4-9-18(16)19/h4-5,8-14H,2-3,6-7H2,1H3. The van der Waals surface area contributed by atoms with Gasteiger partial charge < -0.3 is 0 Å². The molecule has 0 saturated carbocycles. The maximum absolute atomic E-state index is 2.28. The molecule has 0 bridgehead atoms. The van der Waals surface area contributed by atoms with E-state index in [1.165, 1.54) is 47.1 Å². The molecule has 3 rings (SSSR count). The summed E-state index contributed by atoms with van der Waals surface area (Å²) in [5.74, 6) is 0. The Hall–Kier alpha value is -1.82. The molecular weight excluding hydrogens is 228 g/mol. The topological polar surface area (TPSA) is 0 Å². The fourth-order valence-corrected chi connectivity index (χ4v) is 2.78. The van der Waals surface area contributed by atoms with Crippen LogP contribution in [0, 0.1) is 0 Å². The van der Waals surface area contributed by atoms with Crippen LogP contribution < -0.4 is 0 Å². The van der Waals surface area contributed by atoms with Gasteiger partial charge in [-0.1, -0.05) is 68.0 Å². The van der Waals surface area contributed by atoms with E-state index < -0.39 is 0 Å². The van der Waals surface area contributed by atoms with Crippen molar-refractivity contribution in [2.45, 2.75) is 32.6 Å². The van der Waals surface area contributed by atoms with Crippen molar-refractivity contribution in [3.8, 4) is 11.1 Å². The van der Waals surface area contributed by atoms with Gasteiger partial charge in [0, 0.05) is 0 Å². The van der Waals surface area contributed by atoms with Gasteiger partial charge in [-0.3, -0.25) is 0 Å². The Kier molecular flexibility index (Phi) is 3.50. The fourth-order valence-electron chi connectivity index (χ4n) is 2.78. The van der Waals surface area contributed by atoms with Crippen molar-refractivity contribution in [2.75, 3.05) is 0 Å². The number of allylic oxidation sites excluding steroid dienone is 1. The molecule has 0 heteroatoms. The number of unbranched alkanes of at least 4 members (excludes halogenated alkanes) is 1. The monoisotopic (exact) mass is 248 g/mol. The molecule has 0 saturated heterocycles. The van der Waals surface area contributed by atoms with Crippen molar-refractivity contribution < 1.29 is 0 Å². The second-order valence-corrected chi connectivity index (χ2v) is 5.29. The third kappa shape index (κ3) is 2.49. The molecule has 2 aromatic rings. The summed E-state index contributed by atoms with van der Waals surface area (Å²) in [6, 6.07) is 15.7. The number of hydrogen-bond acceptors (Lipinski definition) is 0. The van der Waals surface area contributed by atoms with Crippen molar-refractivity contribution in [1.29, 1.82) is 0 Å². The molecule has 0 aromatic heterocycles. The molecule has 0 N–H and O–H groups in total. The summed E-state index contributed by atoms with van der Waals surface area (Å²) in [5.41, 5.74) is 7.02. The Morgan fingerprint density at radius 1 is 1.00 bits per heavy atom. The second-order valence-electron chi connectivity index (χ2n) is 5.29. The molecule has 0 amide bonds. The van der Waals surface area contributed by atoms with Gasteiger partial charge in [0.1, 0.15) is 0 Å². The Balaban J connectivity index is 1.91. The lowest BCUT2D eigenvalue weighted by Gasteiger charge is -2.09. The van der Waals surface area contributed by atoms with E-state index >= 15 is 0 Å². The van der Waals surface area contributed by atoms with Crippen molar-refractivity contribution in [3.63, 3.8) is 0 Å². The molecule has 2 aromatic carbocycles. The minimum atomic E-state index is 1.08. The maximum atomic E-state index is 2.28. The Morgan fingerprint density at radius 2 is 1.84 bits per heavy atom. The van der Waals surface area contributed by atoms with Crippen LogP contribution in [0.25, 0.3) is 17.2 Å². The van der Waals surface area contributed by atoms with Crippen LogP contribution in [-0.2, 0) is 12.8 Å². The first kappa shape index (κ1) is 12.2. The summed E-state index contributed by atoms with van der Waals surface area (Å²) in [4.78, 5) is 0. The summed E-state index contributed by atoms with van der Waals surface area (Å²) >= 11 is 0. The van der Waals surface area contributed by atoms with Crippen molar-refractivity contribution in [3.05, 3.63) is 65.2 Å². The van der Waals surface area contributed by atoms with E-state index in [2.05, 4.69) is 61.5 Å². The molecule has 0 unspecified atom stereocenters. The number of benzene rings is 2. The molecular formula is C19H20. The van der Waals surface area contributed by atoms with Crippen LogP contribution in [0.4, 0.5) is 0 Å². The third-order valence-corrected chi connectivity index (χ3v) is 3.90. The van der Waals surface area contributed by atoms with Gasteiger partial charge in [-0.2, -0.15) is 0 Å². The van der Waals surface area contributed by atoms with Gasteiger partial charge in [-0.15, -0.1) is 0 Å². The molecule has 0 atom stereocenters. The molecule has 0 heterocycles. The normalized spacial score (nSPS) is 12.7. The molecule has 19 heavy (non-hydrogen) atoms.